The third-order valence-electron chi connectivity index (χ3n) is 3.49. The monoisotopic (exact) mass is 184 g/mol. The van der Waals surface area contributed by atoms with E-state index in [9.17, 15) is 0 Å². The molecule has 0 radical (unpaired) electrons. The maximum Gasteiger partial charge on any atom is 0.0333 e. The first kappa shape index (κ1) is 11.0. The van der Waals surface area contributed by atoms with Crippen molar-refractivity contribution in [3.63, 3.8) is 0 Å². The standard InChI is InChI=1S/C11H24N2/c1-4-10(3)8-13(5-2)11(9-12)6-7-11/h10H,4-9,12H2,1-3H3. The summed E-state index contributed by atoms with van der Waals surface area (Å²) in [7, 11) is 0. The first-order chi connectivity index (χ1) is 6.18. The van der Waals surface area contributed by atoms with Gasteiger partial charge in [0.25, 0.3) is 0 Å². The van der Waals surface area contributed by atoms with Gasteiger partial charge >= 0.3 is 0 Å². The molecule has 0 aromatic rings. The molecule has 0 aromatic heterocycles. The number of likely N-dealkylation sites (N-methyl/N-ethyl adjacent to an activating group) is 1. The molecule has 1 saturated carbocycles. The van der Waals surface area contributed by atoms with Crippen molar-refractivity contribution < 1.29 is 0 Å². The minimum absolute atomic E-state index is 0.401. The predicted molar refractivity (Wildman–Crippen MR) is 57.7 cm³/mol. The molecule has 0 saturated heterocycles. The smallest absolute Gasteiger partial charge is 0.0333 e. The molecule has 1 rings (SSSR count). The molecule has 2 N–H and O–H groups in total. The van der Waals surface area contributed by atoms with Gasteiger partial charge in [0, 0.05) is 18.6 Å². The van der Waals surface area contributed by atoms with Crippen LogP contribution in [0.5, 0.6) is 0 Å². The molecule has 0 aromatic carbocycles. The fourth-order valence-corrected chi connectivity index (χ4v) is 1.96. The van der Waals surface area contributed by atoms with Crippen molar-refractivity contribution in [1.82, 2.24) is 4.90 Å². The number of rotatable bonds is 6. The molecule has 1 fully saturated rings. The second-order valence-electron chi connectivity index (χ2n) is 4.48. The fourth-order valence-electron chi connectivity index (χ4n) is 1.96. The summed E-state index contributed by atoms with van der Waals surface area (Å²) in [6.07, 6.45) is 3.90. The zero-order chi connectivity index (χ0) is 9.90. The lowest BCUT2D eigenvalue weighted by Gasteiger charge is -2.32. The maximum absolute atomic E-state index is 5.82. The molecule has 1 aliphatic carbocycles. The van der Waals surface area contributed by atoms with Crippen molar-refractivity contribution in [2.45, 2.75) is 45.6 Å². The van der Waals surface area contributed by atoms with Gasteiger partial charge < -0.3 is 5.73 Å². The average Bonchev–Trinajstić information content (AvgIpc) is 2.94. The van der Waals surface area contributed by atoms with E-state index in [0.29, 0.717) is 5.54 Å². The lowest BCUT2D eigenvalue weighted by Crippen LogP contribution is -2.44. The summed E-state index contributed by atoms with van der Waals surface area (Å²) >= 11 is 0. The SMILES string of the molecule is CCC(C)CN(CC)C1(CN)CC1. The van der Waals surface area contributed by atoms with Crippen LogP contribution in [0.4, 0.5) is 0 Å². The Morgan fingerprint density at radius 1 is 1.38 bits per heavy atom. The molecular formula is C11H24N2. The molecule has 0 amide bonds. The van der Waals surface area contributed by atoms with Crippen LogP contribution in [0.25, 0.3) is 0 Å². The summed E-state index contributed by atoms with van der Waals surface area (Å²) < 4.78 is 0. The summed E-state index contributed by atoms with van der Waals surface area (Å²) in [5.41, 5.74) is 6.22. The van der Waals surface area contributed by atoms with Gasteiger partial charge in [-0.2, -0.15) is 0 Å². The van der Waals surface area contributed by atoms with Crippen LogP contribution in [0.3, 0.4) is 0 Å². The van der Waals surface area contributed by atoms with Crippen LogP contribution < -0.4 is 5.73 Å². The van der Waals surface area contributed by atoms with Crippen molar-refractivity contribution in [3.8, 4) is 0 Å². The molecule has 13 heavy (non-hydrogen) atoms. The number of hydrogen-bond acceptors (Lipinski definition) is 2. The van der Waals surface area contributed by atoms with Crippen LogP contribution in [0.2, 0.25) is 0 Å². The van der Waals surface area contributed by atoms with Gasteiger partial charge in [0.1, 0.15) is 0 Å². The highest BCUT2D eigenvalue weighted by molar-refractivity contribution is 5.04. The van der Waals surface area contributed by atoms with E-state index < -0.39 is 0 Å². The number of nitrogens with zero attached hydrogens (tertiary/aromatic N) is 1. The normalized spacial score (nSPS) is 21.9. The predicted octanol–water partition coefficient (Wildman–Crippen LogP) is 1.85. The maximum atomic E-state index is 5.82. The van der Waals surface area contributed by atoms with Crippen molar-refractivity contribution in [1.29, 1.82) is 0 Å². The third kappa shape index (κ3) is 2.44. The molecular weight excluding hydrogens is 160 g/mol. The van der Waals surface area contributed by atoms with E-state index in [0.717, 1.165) is 19.0 Å². The fraction of sp³-hybridized carbons (Fsp3) is 1.00. The molecule has 0 spiro atoms. The zero-order valence-electron chi connectivity index (χ0n) is 9.34. The first-order valence-electron chi connectivity index (χ1n) is 5.63. The minimum atomic E-state index is 0.401. The highest BCUT2D eigenvalue weighted by Gasteiger charge is 2.45. The Hall–Kier alpha value is -0.0800. The molecule has 0 aliphatic heterocycles. The van der Waals surface area contributed by atoms with Crippen LogP contribution in [-0.4, -0.2) is 30.1 Å². The Balaban J connectivity index is 2.43. The number of hydrogen-bond donors (Lipinski definition) is 1. The molecule has 2 heteroatoms. The molecule has 1 unspecified atom stereocenters. The van der Waals surface area contributed by atoms with Gasteiger partial charge in [-0.25, -0.2) is 0 Å². The van der Waals surface area contributed by atoms with Gasteiger partial charge in [-0.3, -0.25) is 4.90 Å². The van der Waals surface area contributed by atoms with E-state index in [2.05, 4.69) is 25.7 Å². The lowest BCUT2D eigenvalue weighted by atomic mass is 10.1. The molecule has 78 valence electrons. The highest BCUT2D eigenvalue weighted by Crippen LogP contribution is 2.40. The minimum Gasteiger partial charge on any atom is -0.329 e. The topological polar surface area (TPSA) is 29.3 Å². The van der Waals surface area contributed by atoms with Crippen molar-refractivity contribution in [2.75, 3.05) is 19.6 Å². The van der Waals surface area contributed by atoms with Crippen LogP contribution in [0.1, 0.15) is 40.0 Å². The molecule has 0 heterocycles. The van der Waals surface area contributed by atoms with Gasteiger partial charge in [-0.1, -0.05) is 27.2 Å². The van der Waals surface area contributed by atoms with E-state index in [1.165, 1.54) is 25.8 Å². The Morgan fingerprint density at radius 3 is 2.31 bits per heavy atom. The summed E-state index contributed by atoms with van der Waals surface area (Å²) in [5.74, 6) is 0.809. The van der Waals surface area contributed by atoms with Crippen molar-refractivity contribution in [2.24, 2.45) is 11.7 Å². The Morgan fingerprint density at radius 2 is 2.00 bits per heavy atom. The lowest BCUT2D eigenvalue weighted by molar-refractivity contribution is 0.164. The van der Waals surface area contributed by atoms with Gasteiger partial charge in [0.15, 0.2) is 0 Å². The van der Waals surface area contributed by atoms with E-state index in [1.807, 2.05) is 0 Å². The second-order valence-corrected chi connectivity index (χ2v) is 4.48. The Bertz CT molecular complexity index is 152. The van der Waals surface area contributed by atoms with E-state index in [4.69, 9.17) is 5.73 Å². The quantitative estimate of drug-likeness (QED) is 0.682. The molecule has 2 nitrogen and oxygen atoms in total. The Kier molecular flexibility index (Phi) is 3.74. The molecule has 1 aliphatic rings. The largest absolute Gasteiger partial charge is 0.329 e. The average molecular weight is 184 g/mol. The van der Waals surface area contributed by atoms with Gasteiger partial charge in [-0.15, -0.1) is 0 Å². The van der Waals surface area contributed by atoms with Gasteiger partial charge in [0.05, 0.1) is 0 Å². The van der Waals surface area contributed by atoms with E-state index >= 15 is 0 Å². The first-order valence-corrected chi connectivity index (χ1v) is 5.63. The van der Waals surface area contributed by atoms with Crippen LogP contribution >= 0.6 is 0 Å². The van der Waals surface area contributed by atoms with Crippen LogP contribution in [0, 0.1) is 5.92 Å². The summed E-state index contributed by atoms with van der Waals surface area (Å²) in [6.45, 7) is 10.1. The second kappa shape index (κ2) is 4.43. The van der Waals surface area contributed by atoms with E-state index in [1.54, 1.807) is 0 Å². The van der Waals surface area contributed by atoms with Gasteiger partial charge in [0.2, 0.25) is 0 Å². The zero-order valence-corrected chi connectivity index (χ0v) is 9.34. The highest BCUT2D eigenvalue weighted by atomic mass is 15.2. The summed E-state index contributed by atoms with van der Waals surface area (Å²) in [6, 6.07) is 0. The van der Waals surface area contributed by atoms with E-state index in [-0.39, 0.29) is 0 Å². The van der Waals surface area contributed by atoms with Crippen LogP contribution in [-0.2, 0) is 0 Å². The van der Waals surface area contributed by atoms with Crippen LogP contribution in [0.15, 0.2) is 0 Å². The number of nitrogens with two attached hydrogens (primary N) is 1. The summed E-state index contributed by atoms with van der Waals surface area (Å²) in [5, 5.41) is 0. The molecule has 0 bridgehead atoms. The van der Waals surface area contributed by atoms with Crippen molar-refractivity contribution >= 4 is 0 Å². The third-order valence-corrected chi connectivity index (χ3v) is 3.49. The Labute approximate surface area is 82.5 Å². The molecule has 1 atom stereocenters. The summed E-state index contributed by atoms with van der Waals surface area (Å²) in [4.78, 5) is 2.58. The van der Waals surface area contributed by atoms with Crippen molar-refractivity contribution in [3.05, 3.63) is 0 Å². The van der Waals surface area contributed by atoms with Gasteiger partial charge in [-0.05, 0) is 25.3 Å².